The first-order valence-electron chi connectivity index (χ1n) is 3.05. The standard InChI is InChI=1S/C6H11O4P/c1-3-5(7)6(8)4-10-11(2)9/h3,6,8,11H,1,4H2,2H3. The SMILES string of the molecule is C=CC(=O)C(O)CO[PH](C)=O. The van der Waals surface area contributed by atoms with E-state index < -0.39 is 19.9 Å². The van der Waals surface area contributed by atoms with Crippen LogP contribution in [0.5, 0.6) is 0 Å². The van der Waals surface area contributed by atoms with Crippen LogP contribution >= 0.6 is 8.03 Å². The van der Waals surface area contributed by atoms with Crippen molar-refractivity contribution >= 4 is 13.8 Å². The van der Waals surface area contributed by atoms with Crippen LogP contribution in [0.3, 0.4) is 0 Å². The van der Waals surface area contributed by atoms with Crippen molar-refractivity contribution in [1.82, 2.24) is 0 Å². The van der Waals surface area contributed by atoms with Crippen molar-refractivity contribution in [2.45, 2.75) is 6.10 Å². The zero-order valence-corrected chi connectivity index (χ0v) is 7.24. The molecule has 0 aromatic rings. The third-order valence-corrected chi connectivity index (χ3v) is 1.55. The maximum atomic E-state index is 10.6. The van der Waals surface area contributed by atoms with Gasteiger partial charge in [0.05, 0.1) is 6.61 Å². The molecule has 4 nitrogen and oxygen atoms in total. The molecule has 0 aromatic heterocycles. The summed E-state index contributed by atoms with van der Waals surface area (Å²) in [5.74, 6) is -0.520. The number of ketones is 1. The Kier molecular flexibility index (Phi) is 5.03. The van der Waals surface area contributed by atoms with Crippen LogP contribution in [0.2, 0.25) is 0 Å². The molecule has 2 atom stereocenters. The molecule has 0 saturated carbocycles. The molecule has 11 heavy (non-hydrogen) atoms. The molecule has 64 valence electrons. The van der Waals surface area contributed by atoms with E-state index in [4.69, 9.17) is 5.11 Å². The molecule has 0 rings (SSSR count). The lowest BCUT2D eigenvalue weighted by Gasteiger charge is -2.04. The monoisotopic (exact) mass is 178 g/mol. The molecule has 0 saturated heterocycles. The quantitative estimate of drug-likeness (QED) is 0.483. The van der Waals surface area contributed by atoms with Crippen LogP contribution in [0, 0.1) is 0 Å². The molecule has 0 aliphatic carbocycles. The molecule has 0 spiro atoms. The first-order valence-corrected chi connectivity index (χ1v) is 4.87. The van der Waals surface area contributed by atoms with Crippen LogP contribution in [-0.4, -0.2) is 30.3 Å². The Labute approximate surface area is 65.7 Å². The second-order valence-corrected chi connectivity index (χ2v) is 3.20. The van der Waals surface area contributed by atoms with Gasteiger partial charge in [0.25, 0.3) is 0 Å². The number of hydrogen-bond donors (Lipinski definition) is 1. The molecular weight excluding hydrogens is 167 g/mol. The largest absolute Gasteiger partial charge is 0.383 e. The summed E-state index contributed by atoms with van der Waals surface area (Å²) < 4.78 is 14.9. The van der Waals surface area contributed by atoms with Gasteiger partial charge in [-0.15, -0.1) is 0 Å². The van der Waals surface area contributed by atoms with Gasteiger partial charge in [-0.3, -0.25) is 9.36 Å². The topological polar surface area (TPSA) is 63.6 Å². The molecule has 5 heteroatoms. The smallest absolute Gasteiger partial charge is 0.188 e. The Morgan fingerprint density at radius 3 is 2.82 bits per heavy atom. The molecular formula is C6H11O4P. The normalized spacial score (nSPS) is 15.5. The highest BCUT2D eigenvalue weighted by molar-refractivity contribution is 7.38. The van der Waals surface area contributed by atoms with Crippen LogP contribution in [0.25, 0.3) is 0 Å². The fourth-order valence-electron chi connectivity index (χ4n) is 0.414. The summed E-state index contributed by atoms with van der Waals surface area (Å²) in [4.78, 5) is 10.6. The van der Waals surface area contributed by atoms with E-state index in [1.54, 1.807) is 0 Å². The number of aliphatic hydroxyl groups excluding tert-OH is 1. The van der Waals surface area contributed by atoms with Crippen molar-refractivity contribution in [2.24, 2.45) is 0 Å². The molecule has 0 aromatic carbocycles. The van der Waals surface area contributed by atoms with E-state index in [2.05, 4.69) is 11.1 Å². The molecule has 0 radical (unpaired) electrons. The molecule has 0 fully saturated rings. The van der Waals surface area contributed by atoms with Crippen LogP contribution in [0.1, 0.15) is 0 Å². The Bertz CT molecular complexity index is 177. The average Bonchev–Trinajstić information content (AvgIpc) is 1.98. The molecule has 1 N–H and O–H groups in total. The van der Waals surface area contributed by atoms with Crippen LogP contribution in [0.15, 0.2) is 12.7 Å². The van der Waals surface area contributed by atoms with Crippen molar-refractivity contribution in [2.75, 3.05) is 13.3 Å². The van der Waals surface area contributed by atoms with E-state index in [1.807, 2.05) is 0 Å². The summed E-state index contributed by atoms with van der Waals surface area (Å²) >= 11 is 0. The molecule has 0 aliphatic heterocycles. The van der Waals surface area contributed by atoms with Gasteiger partial charge in [-0.05, 0) is 6.08 Å². The Balaban J connectivity index is 3.68. The number of carbonyl (C=O) groups is 1. The van der Waals surface area contributed by atoms with Crippen molar-refractivity contribution in [3.05, 3.63) is 12.7 Å². The fraction of sp³-hybridized carbons (Fsp3) is 0.500. The average molecular weight is 178 g/mol. The van der Waals surface area contributed by atoms with Gasteiger partial charge in [0.15, 0.2) is 13.8 Å². The highest BCUT2D eigenvalue weighted by Gasteiger charge is 2.11. The minimum absolute atomic E-state index is 0.223. The first-order chi connectivity index (χ1) is 5.07. The molecule has 0 amide bonds. The maximum absolute atomic E-state index is 10.6. The highest BCUT2D eigenvalue weighted by atomic mass is 31.1. The van der Waals surface area contributed by atoms with Gasteiger partial charge in [0, 0.05) is 6.66 Å². The van der Waals surface area contributed by atoms with E-state index in [0.717, 1.165) is 6.08 Å². The van der Waals surface area contributed by atoms with Crippen molar-refractivity contribution in [1.29, 1.82) is 0 Å². The van der Waals surface area contributed by atoms with Gasteiger partial charge >= 0.3 is 0 Å². The lowest BCUT2D eigenvalue weighted by atomic mass is 10.2. The summed E-state index contributed by atoms with van der Waals surface area (Å²) in [6, 6.07) is 0. The van der Waals surface area contributed by atoms with Gasteiger partial charge in [-0.25, -0.2) is 0 Å². The van der Waals surface area contributed by atoms with Gasteiger partial charge in [0.1, 0.15) is 6.10 Å². The van der Waals surface area contributed by atoms with E-state index in [9.17, 15) is 9.36 Å². The third-order valence-electron chi connectivity index (χ3n) is 0.974. The van der Waals surface area contributed by atoms with E-state index in [-0.39, 0.29) is 6.61 Å². The molecule has 0 aliphatic rings. The summed E-state index contributed by atoms with van der Waals surface area (Å²) in [6.07, 6.45) is -0.234. The first kappa shape index (κ1) is 10.6. The number of hydrogen-bond acceptors (Lipinski definition) is 4. The van der Waals surface area contributed by atoms with E-state index in [0.29, 0.717) is 0 Å². The minimum atomic E-state index is -2.07. The predicted molar refractivity (Wildman–Crippen MR) is 42.1 cm³/mol. The minimum Gasteiger partial charge on any atom is -0.383 e. The molecule has 0 heterocycles. The summed E-state index contributed by atoms with van der Waals surface area (Å²) in [5, 5.41) is 8.90. The fourth-order valence-corrected chi connectivity index (χ4v) is 0.807. The summed E-state index contributed by atoms with van der Waals surface area (Å²) in [7, 11) is -2.07. The van der Waals surface area contributed by atoms with E-state index in [1.165, 1.54) is 6.66 Å². The lowest BCUT2D eigenvalue weighted by molar-refractivity contribution is -0.123. The van der Waals surface area contributed by atoms with Crippen molar-refractivity contribution in [3.8, 4) is 0 Å². The van der Waals surface area contributed by atoms with Crippen LogP contribution < -0.4 is 0 Å². The number of rotatable bonds is 5. The Hall–Kier alpha value is -0.440. The second-order valence-electron chi connectivity index (χ2n) is 1.92. The third kappa shape index (κ3) is 4.90. The van der Waals surface area contributed by atoms with Gasteiger partial charge in [0.2, 0.25) is 0 Å². The van der Waals surface area contributed by atoms with Crippen LogP contribution in [-0.2, 0) is 13.9 Å². The Morgan fingerprint density at radius 2 is 2.45 bits per heavy atom. The second kappa shape index (κ2) is 5.24. The highest BCUT2D eigenvalue weighted by Crippen LogP contribution is 2.15. The van der Waals surface area contributed by atoms with Crippen LogP contribution in [0.4, 0.5) is 0 Å². The number of carbonyl (C=O) groups excluding carboxylic acids is 1. The van der Waals surface area contributed by atoms with Crippen molar-refractivity contribution in [3.63, 3.8) is 0 Å². The van der Waals surface area contributed by atoms with Gasteiger partial charge in [-0.1, -0.05) is 6.58 Å². The summed E-state index contributed by atoms with van der Waals surface area (Å²) in [5.41, 5.74) is 0. The predicted octanol–water partition coefficient (Wildman–Crippen LogP) is 0.223. The van der Waals surface area contributed by atoms with Crippen molar-refractivity contribution < 1.29 is 19.0 Å². The molecule has 2 unspecified atom stereocenters. The molecule has 0 bridgehead atoms. The lowest BCUT2D eigenvalue weighted by Crippen LogP contribution is -2.22. The summed E-state index contributed by atoms with van der Waals surface area (Å²) in [6.45, 7) is 4.34. The number of aliphatic hydroxyl groups is 1. The van der Waals surface area contributed by atoms with E-state index >= 15 is 0 Å². The van der Waals surface area contributed by atoms with Gasteiger partial charge < -0.3 is 9.63 Å². The maximum Gasteiger partial charge on any atom is 0.188 e. The zero-order valence-electron chi connectivity index (χ0n) is 6.24. The Morgan fingerprint density at radius 1 is 1.91 bits per heavy atom. The van der Waals surface area contributed by atoms with Gasteiger partial charge in [-0.2, -0.15) is 0 Å². The zero-order chi connectivity index (χ0) is 8.85.